The van der Waals surface area contributed by atoms with Crippen molar-refractivity contribution in [1.82, 2.24) is 4.68 Å². The summed E-state index contributed by atoms with van der Waals surface area (Å²) in [5, 5.41) is 48.5. The second-order valence-corrected chi connectivity index (χ2v) is 8.26. The first-order valence-electron chi connectivity index (χ1n) is 8.86. The zero-order chi connectivity index (χ0) is 23.6. The molecule has 32 heavy (non-hydrogen) atoms. The largest absolute Gasteiger partial charge is 0.595 e. The monoisotopic (exact) mass is 453 g/mol. The van der Waals surface area contributed by atoms with Crippen LogP contribution in [0.1, 0.15) is 16.7 Å². The van der Waals surface area contributed by atoms with Gasteiger partial charge in [0.1, 0.15) is 23.3 Å². The maximum atomic E-state index is 12.9. The Morgan fingerprint density at radius 3 is 2.09 bits per heavy atom. The van der Waals surface area contributed by atoms with Crippen LogP contribution in [0.2, 0.25) is 0 Å². The zero-order valence-electron chi connectivity index (χ0n) is 16.4. The molecule has 1 unspecified atom stereocenters. The minimum Gasteiger partial charge on any atom is -0.595 e. The average Bonchev–Trinajstić information content (AvgIpc) is 2.76. The third-order valence-corrected chi connectivity index (χ3v) is 5.85. The van der Waals surface area contributed by atoms with E-state index in [4.69, 9.17) is 5.21 Å². The standard InChI is InChI=1S/C20H15N5O6S/c1-12-2-8-15(9-3-12)32(30,31)23-24-19(26)16(10-21)18(17(11-22)20(24)27)13-4-6-14(7-5-13)25(28)29/h2-9,23,25-26,28H,1H3. The molecule has 4 N–H and O–H groups in total. The van der Waals surface area contributed by atoms with Gasteiger partial charge in [0.25, 0.3) is 15.6 Å². The molecule has 0 bridgehead atoms. The van der Waals surface area contributed by atoms with Crippen molar-refractivity contribution < 1.29 is 24.0 Å². The van der Waals surface area contributed by atoms with Crippen LogP contribution in [-0.4, -0.2) is 23.4 Å². The fraction of sp³-hybridized carbons (Fsp3) is 0.0500. The van der Waals surface area contributed by atoms with Crippen LogP contribution in [0.15, 0.2) is 58.2 Å². The molecule has 1 aromatic heterocycles. The third kappa shape index (κ3) is 4.02. The molecule has 3 aromatic rings. The van der Waals surface area contributed by atoms with E-state index in [1.165, 1.54) is 48.5 Å². The first-order chi connectivity index (χ1) is 15.1. The van der Waals surface area contributed by atoms with Crippen molar-refractivity contribution in [3.8, 4) is 29.1 Å². The highest BCUT2D eigenvalue weighted by atomic mass is 32.2. The molecule has 0 radical (unpaired) electrons. The third-order valence-electron chi connectivity index (χ3n) is 4.54. The van der Waals surface area contributed by atoms with Gasteiger partial charge >= 0.3 is 0 Å². The number of hydrogen-bond acceptors (Lipinski definition) is 8. The number of rotatable bonds is 5. The second kappa shape index (κ2) is 8.50. The molecule has 0 aliphatic carbocycles. The Bertz CT molecular complexity index is 1430. The smallest absolute Gasteiger partial charge is 0.291 e. The Labute approximate surface area is 181 Å². The number of nitrogens with zero attached hydrogens (tertiary/aromatic N) is 3. The van der Waals surface area contributed by atoms with E-state index in [0.29, 0.717) is 0 Å². The summed E-state index contributed by atoms with van der Waals surface area (Å²) in [5.41, 5.74) is -1.79. The molecule has 3 rings (SSSR count). The summed E-state index contributed by atoms with van der Waals surface area (Å²) in [6, 6.07) is 13.8. The SMILES string of the molecule is Cc1ccc(S(=O)(=O)Nn2c(O)c(C#N)c(-c3ccc([NH+]([O-])O)cc3)c(C#N)c2=O)cc1. The molecule has 0 amide bonds. The Balaban J connectivity index is 2.21. The van der Waals surface area contributed by atoms with Crippen LogP contribution in [0, 0.1) is 34.8 Å². The summed E-state index contributed by atoms with van der Waals surface area (Å²) in [6.07, 6.45) is 0. The van der Waals surface area contributed by atoms with Crippen LogP contribution in [0.3, 0.4) is 0 Å². The van der Waals surface area contributed by atoms with E-state index in [-0.39, 0.29) is 26.4 Å². The van der Waals surface area contributed by atoms with Crippen LogP contribution in [0.25, 0.3) is 11.1 Å². The number of nitriles is 2. The molecule has 2 aromatic carbocycles. The molecule has 0 spiro atoms. The van der Waals surface area contributed by atoms with Gasteiger partial charge in [-0.15, -0.1) is 0 Å². The van der Waals surface area contributed by atoms with E-state index >= 15 is 0 Å². The molecule has 1 heterocycles. The van der Waals surface area contributed by atoms with E-state index in [1.54, 1.807) is 19.1 Å². The number of pyridine rings is 1. The highest BCUT2D eigenvalue weighted by Gasteiger charge is 2.26. The van der Waals surface area contributed by atoms with E-state index in [9.17, 15) is 34.0 Å². The summed E-state index contributed by atoms with van der Waals surface area (Å²) in [7, 11) is -4.35. The molecule has 11 nitrogen and oxygen atoms in total. The molecule has 0 aliphatic rings. The van der Waals surface area contributed by atoms with Gasteiger partial charge in [-0.05, 0) is 36.8 Å². The van der Waals surface area contributed by atoms with Gasteiger partial charge in [0.2, 0.25) is 5.88 Å². The predicted molar refractivity (Wildman–Crippen MR) is 111 cm³/mol. The quantitative estimate of drug-likeness (QED) is 0.405. The van der Waals surface area contributed by atoms with E-state index in [0.717, 1.165) is 5.56 Å². The molecule has 0 saturated carbocycles. The number of nitrogens with one attached hydrogen (secondary N) is 2. The Kier molecular flexibility index (Phi) is 5.98. The van der Waals surface area contributed by atoms with Crippen LogP contribution in [0.5, 0.6) is 5.88 Å². The maximum Gasteiger partial charge on any atom is 0.291 e. The summed E-state index contributed by atoms with van der Waals surface area (Å²) < 4.78 is 25.5. The van der Waals surface area contributed by atoms with Gasteiger partial charge in [-0.3, -0.25) is 4.79 Å². The number of aromatic nitrogens is 1. The van der Waals surface area contributed by atoms with Gasteiger partial charge < -0.3 is 10.3 Å². The van der Waals surface area contributed by atoms with Gasteiger partial charge in [0.15, 0.2) is 5.69 Å². The Hall–Kier alpha value is -4.20. The molecule has 0 aliphatic heterocycles. The maximum absolute atomic E-state index is 12.9. The zero-order valence-corrected chi connectivity index (χ0v) is 17.2. The summed E-state index contributed by atoms with van der Waals surface area (Å²) >= 11 is 0. The van der Waals surface area contributed by atoms with Gasteiger partial charge in [-0.2, -0.15) is 28.8 Å². The summed E-state index contributed by atoms with van der Waals surface area (Å²) in [4.78, 5) is 14.6. The van der Waals surface area contributed by atoms with E-state index in [2.05, 4.69) is 0 Å². The Morgan fingerprint density at radius 2 is 1.59 bits per heavy atom. The highest BCUT2D eigenvalue weighted by molar-refractivity contribution is 7.92. The predicted octanol–water partition coefficient (Wildman–Crippen LogP) is 0.608. The van der Waals surface area contributed by atoms with Crippen LogP contribution in [-0.2, 0) is 10.0 Å². The number of quaternary nitrogens is 1. The van der Waals surface area contributed by atoms with Crippen molar-refractivity contribution in [2.75, 3.05) is 4.83 Å². The number of hydrogen-bond donors (Lipinski definition) is 4. The van der Waals surface area contributed by atoms with Crippen LogP contribution < -0.4 is 15.6 Å². The van der Waals surface area contributed by atoms with Crippen LogP contribution >= 0.6 is 0 Å². The highest BCUT2D eigenvalue weighted by Crippen LogP contribution is 2.31. The molecule has 0 saturated heterocycles. The van der Waals surface area contributed by atoms with Gasteiger partial charge in [-0.25, -0.2) is 10.0 Å². The summed E-state index contributed by atoms with van der Waals surface area (Å²) in [6.45, 7) is 1.75. The minimum atomic E-state index is -4.35. The van der Waals surface area contributed by atoms with Crippen LogP contribution in [0.4, 0.5) is 5.69 Å². The lowest BCUT2D eigenvalue weighted by Gasteiger charge is -2.17. The lowest BCUT2D eigenvalue weighted by Crippen LogP contribution is -2.99. The van der Waals surface area contributed by atoms with E-state index in [1.807, 2.05) is 4.83 Å². The first-order valence-corrected chi connectivity index (χ1v) is 10.3. The van der Waals surface area contributed by atoms with Gasteiger partial charge in [-0.1, -0.05) is 17.7 Å². The number of benzene rings is 2. The lowest BCUT2D eigenvalue weighted by molar-refractivity contribution is -0.991. The number of aryl methyl sites for hydroxylation is 1. The fourth-order valence-electron chi connectivity index (χ4n) is 2.92. The first kappa shape index (κ1) is 22.5. The average molecular weight is 453 g/mol. The topological polar surface area (TPSA) is 184 Å². The lowest BCUT2D eigenvalue weighted by atomic mass is 9.97. The van der Waals surface area contributed by atoms with Crippen molar-refractivity contribution >= 4 is 15.7 Å². The van der Waals surface area contributed by atoms with Crippen molar-refractivity contribution in [3.63, 3.8) is 0 Å². The van der Waals surface area contributed by atoms with Crippen molar-refractivity contribution in [3.05, 3.63) is 80.8 Å². The molecule has 1 atom stereocenters. The van der Waals surface area contributed by atoms with Gasteiger partial charge in [0.05, 0.1) is 4.90 Å². The number of aromatic hydroxyl groups is 1. The van der Waals surface area contributed by atoms with Gasteiger partial charge in [0, 0.05) is 17.7 Å². The van der Waals surface area contributed by atoms with E-state index < -0.39 is 37.8 Å². The van der Waals surface area contributed by atoms with Crippen molar-refractivity contribution in [1.29, 1.82) is 10.5 Å². The fourth-order valence-corrected chi connectivity index (χ4v) is 3.93. The normalized spacial score (nSPS) is 11.9. The molecular weight excluding hydrogens is 438 g/mol. The number of sulfonamides is 1. The molecular formula is C20H15N5O6S. The molecule has 162 valence electrons. The molecule has 0 fully saturated rings. The van der Waals surface area contributed by atoms with Crippen molar-refractivity contribution in [2.45, 2.75) is 11.8 Å². The summed E-state index contributed by atoms with van der Waals surface area (Å²) in [5.74, 6) is -1.02. The molecule has 12 heteroatoms. The second-order valence-electron chi connectivity index (χ2n) is 6.60. The Morgan fingerprint density at radius 1 is 1.03 bits per heavy atom. The van der Waals surface area contributed by atoms with Crippen molar-refractivity contribution in [2.24, 2.45) is 0 Å². The minimum absolute atomic E-state index is 0.0748.